The number of anilines is 1. The second-order valence-electron chi connectivity index (χ2n) is 5.56. The zero-order valence-corrected chi connectivity index (χ0v) is 13.6. The van der Waals surface area contributed by atoms with E-state index in [0.29, 0.717) is 22.0 Å². The highest BCUT2D eigenvalue weighted by atomic mass is 32.1. The Hall–Kier alpha value is -2.55. The van der Waals surface area contributed by atoms with Crippen molar-refractivity contribution in [1.82, 2.24) is 24.7 Å². The fourth-order valence-electron chi connectivity index (χ4n) is 2.14. The first-order valence-corrected chi connectivity index (χ1v) is 8.04. The van der Waals surface area contributed by atoms with Crippen molar-refractivity contribution in [1.29, 1.82) is 0 Å². The van der Waals surface area contributed by atoms with Crippen LogP contribution in [0.5, 0.6) is 0 Å². The molecule has 3 aromatic heterocycles. The minimum atomic E-state index is -0.375. The van der Waals surface area contributed by atoms with Crippen molar-refractivity contribution >= 4 is 33.4 Å². The Morgan fingerprint density at radius 2 is 2.30 bits per heavy atom. The summed E-state index contributed by atoms with van der Waals surface area (Å²) in [5.41, 5.74) is 0.416. The van der Waals surface area contributed by atoms with Gasteiger partial charge in [-0.2, -0.15) is 4.98 Å². The molecule has 3 aromatic rings. The molecule has 0 aliphatic heterocycles. The Kier molecular flexibility index (Phi) is 4.20. The van der Waals surface area contributed by atoms with Crippen LogP contribution in [0.3, 0.4) is 0 Å². The van der Waals surface area contributed by atoms with Crippen LogP contribution in [0.1, 0.15) is 19.7 Å². The summed E-state index contributed by atoms with van der Waals surface area (Å²) in [6, 6.07) is 1.77. The Morgan fingerprint density at radius 3 is 3.09 bits per heavy atom. The molecule has 2 N–H and O–H groups in total. The molecule has 23 heavy (non-hydrogen) atoms. The van der Waals surface area contributed by atoms with Gasteiger partial charge in [0.1, 0.15) is 17.1 Å². The van der Waals surface area contributed by atoms with Crippen molar-refractivity contribution in [3.05, 3.63) is 34.0 Å². The van der Waals surface area contributed by atoms with Crippen molar-refractivity contribution in [3.8, 4) is 0 Å². The molecular formula is C14H16N6O2S. The van der Waals surface area contributed by atoms with Gasteiger partial charge in [-0.05, 0) is 17.4 Å². The number of fused-ring (bicyclic) bond motifs is 1. The molecule has 0 saturated carbocycles. The normalized spacial score (nSPS) is 11.3. The van der Waals surface area contributed by atoms with Crippen LogP contribution in [-0.2, 0) is 17.8 Å². The molecule has 0 unspecified atom stereocenters. The largest absolute Gasteiger partial charge is 0.292 e. The van der Waals surface area contributed by atoms with E-state index in [-0.39, 0.29) is 24.0 Å². The van der Waals surface area contributed by atoms with Crippen LogP contribution in [0.25, 0.3) is 10.2 Å². The van der Waals surface area contributed by atoms with Gasteiger partial charge in [-0.15, -0.1) is 16.4 Å². The van der Waals surface area contributed by atoms with Crippen LogP contribution in [0.4, 0.5) is 5.95 Å². The smallest absolute Gasteiger partial charge is 0.271 e. The highest BCUT2D eigenvalue weighted by Gasteiger charge is 2.12. The molecule has 0 bridgehead atoms. The predicted octanol–water partition coefficient (Wildman–Crippen LogP) is 1.41. The van der Waals surface area contributed by atoms with Gasteiger partial charge >= 0.3 is 0 Å². The number of thiophene rings is 1. The lowest BCUT2D eigenvalue weighted by Crippen LogP contribution is -2.27. The molecule has 0 aromatic carbocycles. The summed E-state index contributed by atoms with van der Waals surface area (Å²) in [5.74, 6) is 0.992. The summed E-state index contributed by atoms with van der Waals surface area (Å²) in [4.78, 5) is 32.6. The van der Waals surface area contributed by atoms with Crippen molar-refractivity contribution in [2.45, 2.75) is 26.8 Å². The molecule has 3 heterocycles. The second-order valence-corrected chi connectivity index (χ2v) is 6.48. The van der Waals surface area contributed by atoms with E-state index in [1.807, 2.05) is 0 Å². The number of H-pyrrole nitrogens is 1. The number of carbonyl (C=O) groups is 1. The molecule has 0 atom stereocenters. The first-order chi connectivity index (χ1) is 11.0. The number of amides is 1. The maximum absolute atomic E-state index is 12.2. The van der Waals surface area contributed by atoms with E-state index in [2.05, 4.69) is 39.3 Å². The maximum atomic E-state index is 12.2. The van der Waals surface area contributed by atoms with Crippen LogP contribution in [0, 0.1) is 5.92 Å². The molecule has 0 fully saturated rings. The van der Waals surface area contributed by atoms with Crippen molar-refractivity contribution in [2.75, 3.05) is 5.32 Å². The molecular weight excluding hydrogens is 316 g/mol. The van der Waals surface area contributed by atoms with E-state index in [0.717, 1.165) is 6.42 Å². The Bertz CT molecular complexity index is 894. The number of carbonyl (C=O) groups excluding carboxylic acids is 1. The first-order valence-electron chi connectivity index (χ1n) is 7.16. The van der Waals surface area contributed by atoms with Gasteiger partial charge in [-0.1, -0.05) is 13.8 Å². The average Bonchev–Trinajstić information content (AvgIpc) is 3.11. The minimum Gasteiger partial charge on any atom is -0.292 e. The van der Waals surface area contributed by atoms with Gasteiger partial charge in [0.05, 0.1) is 11.8 Å². The summed E-state index contributed by atoms with van der Waals surface area (Å²) >= 11 is 1.31. The molecule has 3 rings (SSSR count). The Labute approximate surface area is 135 Å². The van der Waals surface area contributed by atoms with E-state index in [9.17, 15) is 9.59 Å². The monoisotopic (exact) mass is 332 g/mol. The van der Waals surface area contributed by atoms with Crippen LogP contribution >= 0.6 is 11.3 Å². The zero-order chi connectivity index (χ0) is 16.4. The van der Waals surface area contributed by atoms with E-state index in [4.69, 9.17) is 0 Å². The van der Waals surface area contributed by atoms with E-state index in [1.165, 1.54) is 22.2 Å². The molecule has 9 heteroatoms. The van der Waals surface area contributed by atoms with E-state index < -0.39 is 0 Å². The highest BCUT2D eigenvalue weighted by molar-refractivity contribution is 7.17. The summed E-state index contributed by atoms with van der Waals surface area (Å²) in [5, 5.41) is 11.1. The standard InChI is InChI=1S/C14H16N6O2S/c1-8(2)5-10-16-14(19-18-10)17-11(21)6-20-7-15-9-3-4-23-12(9)13(20)22/h3-4,7-8H,5-6H2,1-2H3,(H2,16,17,18,19,21). The molecule has 1 amide bonds. The van der Waals surface area contributed by atoms with Crippen LogP contribution in [0.2, 0.25) is 0 Å². The van der Waals surface area contributed by atoms with Crippen molar-refractivity contribution in [2.24, 2.45) is 5.92 Å². The molecule has 0 radical (unpaired) electrons. The van der Waals surface area contributed by atoms with Gasteiger partial charge in [-0.25, -0.2) is 4.98 Å². The summed E-state index contributed by atoms with van der Waals surface area (Å²) in [6.07, 6.45) is 2.13. The third-order valence-corrected chi connectivity index (χ3v) is 4.03. The molecule has 0 aliphatic rings. The third-order valence-electron chi connectivity index (χ3n) is 3.13. The molecule has 0 saturated heterocycles. The lowest BCUT2D eigenvalue weighted by Gasteiger charge is -2.04. The number of nitrogens with one attached hydrogen (secondary N) is 2. The van der Waals surface area contributed by atoms with E-state index in [1.54, 1.807) is 11.4 Å². The number of rotatable bonds is 5. The molecule has 8 nitrogen and oxygen atoms in total. The van der Waals surface area contributed by atoms with Crippen molar-refractivity contribution < 1.29 is 4.79 Å². The molecule has 0 aliphatic carbocycles. The summed E-state index contributed by atoms with van der Waals surface area (Å²) < 4.78 is 1.81. The predicted molar refractivity (Wildman–Crippen MR) is 87.4 cm³/mol. The number of aromatic amines is 1. The fourth-order valence-corrected chi connectivity index (χ4v) is 2.93. The minimum absolute atomic E-state index is 0.131. The Balaban J connectivity index is 1.70. The van der Waals surface area contributed by atoms with Gasteiger partial charge < -0.3 is 0 Å². The van der Waals surface area contributed by atoms with Gasteiger partial charge in [0.15, 0.2) is 0 Å². The highest BCUT2D eigenvalue weighted by Crippen LogP contribution is 2.13. The second kappa shape index (κ2) is 6.29. The average molecular weight is 332 g/mol. The Morgan fingerprint density at radius 1 is 1.48 bits per heavy atom. The summed E-state index contributed by atoms with van der Waals surface area (Å²) in [6.45, 7) is 4.01. The number of hydrogen-bond donors (Lipinski definition) is 2. The number of hydrogen-bond acceptors (Lipinski definition) is 6. The topological polar surface area (TPSA) is 106 Å². The van der Waals surface area contributed by atoms with E-state index >= 15 is 0 Å². The van der Waals surface area contributed by atoms with Gasteiger partial charge in [0.2, 0.25) is 11.9 Å². The van der Waals surface area contributed by atoms with Crippen LogP contribution < -0.4 is 10.9 Å². The zero-order valence-electron chi connectivity index (χ0n) is 12.7. The third kappa shape index (κ3) is 3.45. The van der Waals surface area contributed by atoms with Crippen molar-refractivity contribution in [3.63, 3.8) is 0 Å². The van der Waals surface area contributed by atoms with Gasteiger partial charge in [-0.3, -0.25) is 24.6 Å². The van der Waals surface area contributed by atoms with Gasteiger partial charge in [0.25, 0.3) is 5.56 Å². The fraction of sp³-hybridized carbons (Fsp3) is 0.357. The lowest BCUT2D eigenvalue weighted by molar-refractivity contribution is -0.116. The summed E-state index contributed by atoms with van der Waals surface area (Å²) in [7, 11) is 0. The van der Waals surface area contributed by atoms with Crippen LogP contribution in [-0.4, -0.2) is 30.6 Å². The molecule has 0 spiro atoms. The number of aromatic nitrogens is 5. The lowest BCUT2D eigenvalue weighted by atomic mass is 10.1. The van der Waals surface area contributed by atoms with Gasteiger partial charge in [0, 0.05) is 6.42 Å². The quantitative estimate of drug-likeness (QED) is 0.735. The first kappa shape index (κ1) is 15.3. The SMILES string of the molecule is CC(C)Cc1nc(NC(=O)Cn2cnc3ccsc3c2=O)n[nH]1. The molecule has 120 valence electrons. The maximum Gasteiger partial charge on any atom is 0.271 e. The number of nitrogens with zero attached hydrogens (tertiary/aromatic N) is 4. The van der Waals surface area contributed by atoms with Crippen LogP contribution in [0.15, 0.2) is 22.6 Å².